The maximum atomic E-state index is 9.61. The van der Waals surface area contributed by atoms with Gasteiger partial charge in [0, 0.05) is 37.5 Å². The summed E-state index contributed by atoms with van der Waals surface area (Å²) in [5.74, 6) is 0. The Labute approximate surface area is 109 Å². The van der Waals surface area contributed by atoms with Crippen LogP contribution in [0.1, 0.15) is 37.6 Å². The number of hydrogen-bond donors (Lipinski definition) is 1. The van der Waals surface area contributed by atoms with E-state index in [-0.39, 0.29) is 5.41 Å². The van der Waals surface area contributed by atoms with Crippen molar-refractivity contribution in [2.45, 2.75) is 39.7 Å². The van der Waals surface area contributed by atoms with Crippen LogP contribution < -0.4 is 0 Å². The van der Waals surface area contributed by atoms with Gasteiger partial charge in [0.2, 0.25) is 0 Å². The number of aliphatic hydroxyl groups excluding tert-OH is 1. The Morgan fingerprint density at radius 2 is 2.22 bits per heavy atom. The van der Waals surface area contributed by atoms with Crippen LogP contribution in [-0.2, 0) is 6.54 Å². The Bertz CT molecular complexity index is 373. The van der Waals surface area contributed by atoms with E-state index >= 15 is 0 Å². The molecule has 0 saturated carbocycles. The third-order valence-corrected chi connectivity index (χ3v) is 4.05. The maximum absolute atomic E-state index is 9.61. The van der Waals surface area contributed by atoms with Crippen LogP contribution in [0.3, 0.4) is 0 Å². The maximum Gasteiger partial charge on any atom is 0.0727 e. The standard InChI is InChI=1S/C14H23N3O/c1-3-14(11-18)5-4-6-17(10-14)9-13-8-15-12(2)7-16-13/h7-8,18H,3-6,9-11H2,1-2H3/t14-/m0/s1. The highest BCUT2D eigenvalue weighted by atomic mass is 16.3. The van der Waals surface area contributed by atoms with Crippen LogP contribution in [0.4, 0.5) is 0 Å². The molecule has 1 aliphatic rings. The first-order chi connectivity index (χ1) is 8.67. The number of aryl methyl sites for hydroxylation is 1. The van der Waals surface area contributed by atoms with Gasteiger partial charge in [0.15, 0.2) is 0 Å². The third-order valence-electron chi connectivity index (χ3n) is 4.05. The van der Waals surface area contributed by atoms with E-state index in [1.54, 1.807) is 0 Å². The number of nitrogens with zero attached hydrogens (tertiary/aromatic N) is 3. The Morgan fingerprint density at radius 1 is 1.39 bits per heavy atom. The quantitative estimate of drug-likeness (QED) is 0.883. The van der Waals surface area contributed by atoms with Gasteiger partial charge in [0.25, 0.3) is 0 Å². The van der Waals surface area contributed by atoms with Crippen LogP contribution in [-0.4, -0.2) is 39.7 Å². The molecule has 18 heavy (non-hydrogen) atoms. The van der Waals surface area contributed by atoms with Gasteiger partial charge in [-0.2, -0.15) is 0 Å². The smallest absolute Gasteiger partial charge is 0.0727 e. The highest BCUT2D eigenvalue weighted by Crippen LogP contribution is 2.33. The van der Waals surface area contributed by atoms with E-state index in [0.29, 0.717) is 6.61 Å². The summed E-state index contributed by atoms with van der Waals surface area (Å²) >= 11 is 0. The van der Waals surface area contributed by atoms with E-state index in [4.69, 9.17) is 0 Å². The number of piperidine rings is 1. The minimum atomic E-state index is 0.0936. The topological polar surface area (TPSA) is 49.2 Å². The summed E-state index contributed by atoms with van der Waals surface area (Å²) in [4.78, 5) is 11.1. The minimum absolute atomic E-state index is 0.0936. The second kappa shape index (κ2) is 5.76. The van der Waals surface area contributed by atoms with Crippen LogP contribution in [0, 0.1) is 12.3 Å². The van der Waals surface area contributed by atoms with E-state index in [1.807, 2.05) is 19.3 Å². The van der Waals surface area contributed by atoms with E-state index < -0.39 is 0 Å². The van der Waals surface area contributed by atoms with Crippen LogP contribution in [0.2, 0.25) is 0 Å². The van der Waals surface area contributed by atoms with Gasteiger partial charge in [-0.1, -0.05) is 6.92 Å². The summed E-state index contributed by atoms with van der Waals surface area (Å²) in [5.41, 5.74) is 2.07. The van der Waals surface area contributed by atoms with E-state index in [0.717, 1.165) is 50.3 Å². The first kappa shape index (κ1) is 13.4. The molecule has 1 saturated heterocycles. The number of aliphatic hydroxyl groups is 1. The van der Waals surface area contributed by atoms with Crippen molar-refractivity contribution in [3.8, 4) is 0 Å². The molecular weight excluding hydrogens is 226 g/mol. The van der Waals surface area contributed by atoms with E-state index in [2.05, 4.69) is 21.8 Å². The monoisotopic (exact) mass is 249 g/mol. The molecule has 0 radical (unpaired) electrons. The molecular formula is C14H23N3O. The molecule has 0 bridgehead atoms. The Kier molecular flexibility index (Phi) is 4.30. The number of hydrogen-bond acceptors (Lipinski definition) is 4. The van der Waals surface area contributed by atoms with Gasteiger partial charge in [-0.3, -0.25) is 14.9 Å². The normalized spacial score (nSPS) is 25.3. The first-order valence-electron chi connectivity index (χ1n) is 6.78. The van der Waals surface area contributed by atoms with Gasteiger partial charge in [-0.15, -0.1) is 0 Å². The zero-order valence-corrected chi connectivity index (χ0v) is 11.4. The van der Waals surface area contributed by atoms with Gasteiger partial charge >= 0.3 is 0 Å². The fraction of sp³-hybridized carbons (Fsp3) is 0.714. The molecule has 0 amide bonds. The second-order valence-corrected chi connectivity index (χ2v) is 5.47. The van der Waals surface area contributed by atoms with E-state index in [1.165, 1.54) is 0 Å². The highest BCUT2D eigenvalue weighted by Gasteiger charge is 2.33. The lowest BCUT2D eigenvalue weighted by Gasteiger charge is -2.41. The summed E-state index contributed by atoms with van der Waals surface area (Å²) in [6, 6.07) is 0. The second-order valence-electron chi connectivity index (χ2n) is 5.47. The van der Waals surface area contributed by atoms with Crippen molar-refractivity contribution in [2.75, 3.05) is 19.7 Å². The van der Waals surface area contributed by atoms with Gasteiger partial charge in [-0.05, 0) is 32.7 Å². The van der Waals surface area contributed by atoms with Crippen molar-refractivity contribution in [3.63, 3.8) is 0 Å². The average Bonchev–Trinajstić information content (AvgIpc) is 2.41. The van der Waals surface area contributed by atoms with Crippen LogP contribution in [0.25, 0.3) is 0 Å². The van der Waals surface area contributed by atoms with Crippen molar-refractivity contribution in [2.24, 2.45) is 5.41 Å². The molecule has 0 aromatic carbocycles. The number of aromatic nitrogens is 2. The fourth-order valence-corrected chi connectivity index (χ4v) is 2.70. The van der Waals surface area contributed by atoms with Gasteiger partial charge in [0.1, 0.15) is 0 Å². The predicted molar refractivity (Wildman–Crippen MR) is 71.1 cm³/mol. The molecule has 1 aromatic rings. The van der Waals surface area contributed by atoms with Crippen molar-refractivity contribution in [1.29, 1.82) is 0 Å². The molecule has 1 fully saturated rings. The van der Waals surface area contributed by atoms with Gasteiger partial charge in [-0.25, -0.2) is 0 Å². The lowest BCUT2D eigenvalue weighted by molar-refractivity contribution is 0.0253. The Morgan fingerprint density at radius 3 is 2.83 bits per heavy atom. The molecule has 100 valence electrons. The molecule has 0 unspecified atom stereocenters. The zero-order chi connectivity index (χ0) is 13.0. The summed E-state index contributed by atoms with van der Waals surface area (Å²) in [6.07, 6.45) is 7.01. The zero-order valence-electron chi connectivity index (χ0n) is 11.4. The molecule has 0 aliphatic carbocycles. The molecule has 2 heterocycles. The number of likely N-dealkylation sites (tertiary alicyclic amines) is 1. The van der Waals surface area contributed by atoms with Gasteiger partial charge in [0.05, 0.1) is 11.4 Å². The third kappa shape index (κ3) is 3.06. The van der Waals surface area contributed by atoms with Crippen LogP contribution in [0.15, 0.2) is 12.4 Å². The van der Waals surface area contributed by atoms with Crippen LogP contribution >= 0.6 is 0 Å². The minimum Gasteiger partial charge on any atom is -0.396 e. The molecule has 1 aromatic heterocycles. The lowest BCUT2D eigenvalue weighted by Crippen LogP contribution is -2.44. The van der Waals surface area contributed by atoms with Crippen molar-refractivity contribution < 1.29 is 5.11 Å². The SMILES string of the molecule is CC[C@]1(CO)CCCN(Cc2cnc(C)cn2)C1. The molecule has 1 atom stereocenters. The van der Waals surface area contributed by atoms with E-state index in [9.17, 15) is 5.11 Å². The molecule has 1 N–H and O–H groups in total. The largest absolute Gasteiger partial charge is 0.396 e. The molecule has 2 rings (SSSR count). The predicted octanol–water partition coefficient (Wildman–Crippen LogP) is 1.77. The number of rotatable bonds is 4. The summed E-state index contributed by atoms with van der Waals surface area (Å²) < 4.78 is 0. The fourth-order valence-electron chi connectivity index (χ4n) is 2.70. The van der Waals surface area contributed by atoms with Gasteiger partial charge < -0.3 is 5.11 Å². The summed E-state index contributed by atoms with van der Waals surface area (Å²) in [7, 11) is 0. The van der Waals surface area contributed by atoms with Crippen molar-refractivity contribution in [3.05, 3.63) is 23.8 Å². The Hall–Kier alpha value is -1.00. The molecule has 0 spiro atoms. The highest BCUT2D eigenvalue weighted by molar-refractivity contribution is 5.01. The summed E-state index contributed by atoms with van der Waals surface area (Å²) in [6.45, 7) is 7.32. The molecule has 1 aliphatic heterocycles. The van der Waals surface area contributed by atoms with Crippen molar-refractivity contribution in [1.82, 2.24) is 14.9 Å². The summed E-state index contributed by atoms with van der Waals surface area (Å²) in [5, 5.41) is 9.61. The first-order valence-corrected chi connectivity index (χ1v) is 6.78. The van der Waals surface area contributed by atoms with Crippen molar-refractivity contribution >= 4 is 0 Å². The molecule has 4 nitrogen and oxygen atoms in total. The molecule has 4 heteroatoms. The lowest BCUT2D eigenvalue weighted by atomic mass is 9.78. The Balaban J connectivity index is 1.99. The average molecular weight is 249 g/mol. The van der Waals surface area contributed by atoms with Crippen LogP contribution in [0.5, 0.6) is 0 Å².